The number of nitrogens with zero attached hydrogens (tertiary/aromatic N) is 1. The molecule has 25 heavy (non-hydrogen) atoms. The molecule has 0 saturated carbocycles. The van der Waals surface area contributed by atoms with Gasteiger partial charge in [0.25, 0.3) is 0 Å². The summed E-state index contributed by atoms with van der Waals surface area (Å²) in [6, 6.07) is 7.88. The summed E-state index contributed by atoms with van der Waals surface area (Å²) in [4.78, 5) is 14.1. The summed E-state index contributed by atoms with van der Waals surface area (Å²) < 4.78 is 10.4. The second kappa shape index (κ2) is 9.59. The molecule has 0 spiro atoms. The lowest BCUT2D eigenvalue weighted by molar-refractivity contribution is -0.153. The lowest BCUT2D eigenvalue weighted by Gasteiger charge is -2.39. The maximum Gasteiger partial charge on any atom is 0.310 e. The molecular weight excluding hydrogens is 318 g/mol. The highest BCUT2D eigenvalue weighted by molar-refractivity contribution is 5.75. The minimum absolute atomic E-state index is 0.600. The van der Waals surface area contributed by atoms with Gasteiger partial charge in [0.2, 0.25) is 0 Å². The SMILES string of the molecule is COCCC[C@@]1(C(=O)O)CCCN(C/C=C/c2ccccc2OC)C1. The molecule has 0 aromatic heterocycles. The van der Waals surface area contributed by atoms with Crippen LogP contribution < -0.4 is 4.74 Å². The van der Waals surface area contributed by atoms with E-state index < -0.39 is 11.4 Å². The molecule has 1 fully saturated rings. The lowest BCUT2D eigenvalue weighted by atomic mass is 9.76. The van der Waals surface area contributed by atoms with Crippen molar-refractivity contribution in [2.75, 3.05) is 40.5 Å². The van der Waals surface area contributed by atoms with E-state index in [0.29, 0.717) is 19.6 Å². The first kappa shape index (κ1) is 19.5. The maximum atomic E-state index is 11.9. The Morgan fingerprint density at radius 3 is 2.88 bits per heavy atom. The van der Waals surface area contributed by atoms with Gasteiger partial charge in [0.05, 0.1) is 12.5 Å². The van der Waals surface area contributed by atoms with Gasteiger partial charge in [-0.2, -0.15) is 0 Å². The van der Waals surface area contributed by atoms with E-state index in [1.807, 2.05) is 30.3 Å². The zero-order chi connectivity index (χ0) is 18.1. The summed E-state index contributed by atoms with van der Waals surface area (Å²) in [6.45, 7) is 2.90. The van der Waals surface area contributed by atoms with Gasteiger partial charge in [0.15, 0.2) is 0 Å². The summed E-state index contributed by atoms with van der Waals surface area (Å²) in [7, 11) is 3.32. The molecule has 1 aliphatic rings. The lowest BCUT2D eigenvalue weighted by Crippen LogP contribution is -2.48. The minimum atomic E-state index is -0.679. The van der Waals surface area contributed by atoms with E-state index in [0.717, 1.165) is 43.7 Å². The van der Waals surface area contributed by atoms with Crippen molar-refractivity contribution >= 4 is 12.0 Å². The number of carboxylic acid groups (broad SMARTS) is 1. The van der Waals surface area contributed by atoms with E-state index in [4.69, 9.17) is 9.47 Å². The van der Waals surface area contributed by atoms with Gasteiger partial charge >= 0.3 is 5.97 Å². The van der Waals surface area contributed by atoms with E-state index in [-0.39, 0.29) is 0 Å². The minimum Gasteiger partial charge on any atom is -0.496 e. The molecule has 1 saturated heterocycles. The van der Waals surface area contributed by atoms with Crippen LogP contribution in [-0.2, 0) is 9.53 Å². The molecule has 5 heteroatoms. The second-order valence-corrected chi connectivity index (χ2v) is 6.66. The molecule has 138 valence electrons. The fourth-order valence-corrected chi connectivity index (χ4v) is 3.56. The zero-order valence-corrected chi connectivity index (χ0v) is 15.2. The molecule has 5 nitrogen and oxygen atoms in total. The van der Waals surface area contributed by atoms with Crippen LogP contribution >= 0.6 is 0 Å². The van der Waals surface area contributed by atoms with Gasteiger partial charge in [0.1, 0.15) is 5.75 Å². The van der Waals surface area contributed by atoms with Crippen LogP contribution in [0.4, 0.5) is 0 Å². The Hall–Kier alpha value is -1.85. The van der Waals surface area contributed by atoms with Gasteiger partial charge in [-0.3, -0.25) is 9.69 Å². The van der Waals surface area contributed by atoms with Crippen LogP contribution in [0.15, 0.2) is 30.3 Å². The van der Waals surface area contributed by atoms with Crippen molar-refractivity contribution in [2.45, 2.75) is 25.7 Å². The number of hydrogen-bond acceptors (Lipinski definition) is 4. The highest BCUT2D eigenvalue weighted by atomic mass is 16.5. The fraction of sp³-hybridized carbons (Fsp3) is 0.550. The van der Waals surface area contributed by atoms with Crippen LogP contribution in [0.1, 0.15) is 31.2 Å². The van der Waals surface area contributed by atoms with Crippen LogP contribution in [0.5, 0.6) is 5.75 Å². The molecule has 0 aliphatic carbocycles. The molecule has 1 aromatic rings. The predicted molar refractivity (Wildman–Crippen MR) is 98.9 cm³/mol. The summed E-state index contributed by atoms with van der Waals surface area (Å²) in [5.74, 6) is 0.166. The third kappa shape index (κ3) is 5.31. The maximum absolute atomic E-state index is 11.9. The van der Waals surface area contributed by atoms with Crippen LogP contribution in [-0.4, -0.2) is 56.4 Å². The number of rotatable bonds is 9. The first-order chi connectivity index (χ1) is 12.1. The predicted octanol–water partition coefficient (Wildman–Crippen LogP) is 3.30. The molecule has 0 bridgehead atoms. The Labute approximate surface area is 150 Å². The van der Waals surface area contributed by atoms with Crippen molar-refractivity contribution in [1.29, 1.82) is 0 Å². The van der Waals surface area contributed by atoms with Gasteiger partial charge in [-0.25, -0.2) is 0 Å². The molecule has 2 rings (SSSR count). The number of methoxy groups -OCH3 is 2. The summed E-state index contributed by atoms with van der Waals surface area (Å²) in [5.41, 5.74) is 0.390. The smallest absolute Gasteiger partial charge is 0.310 e. The third-order valence-electron chi connectivity index (χ3n) is 4.91. The van der Waals surface area contributed by atoms with Gasteiger partial charge < -0.3 is 14.6 Å². The van der Waals surface area contributed by atoms with Crippen LogP contribution in [0.3, 0.4) is 0 Å². The average molecular weight is 347 g/mol. The second-order valence-electron chi connectivity index (χ2n) is 6.66. The van der Waals surface area contributed by atoms with Gasteiger partial charge in [0, 0.05) is 32.4 Å². The number of piperidine rings is 1. The number of aliphatic carboxylic acids is 1. The molecule has 0 unspecified atom stereocenters. The molecule has 1 heterocycles. The van der Waals surface area contributed by atoms with Crippen molar-refractivity contribution in [1.82, 2.24) is 4.90 Å². The number of para-hydroxylation sites is 1. The Morgan fingerprint density at radius 2 is 2.16 bits per heavy atom. The molecule has 1 N–H and O–H groups in total. The number of carbonyl (C=O) groups is 1. The van der Waals surface area contributed by atoms with Gasteiger partial charge in [-0.15, -0.1) is 0 Å². The average Bonchev–Trinajstić information content (AvgIpc) is 2.62. The largest absolute Gasteiger partial charge is 0.496 e. The van der Waals surface area contributed by atoms with Gasteiger partial charge in [-0.05, 0) is 38.3 Å². The Kier molecular flexibility index (Phi) is 7.47. The van der Waals surface area contributed by atoms with Crippen molar-refractivity contribution in [3.8, 4) is 5.75 Å². The number of benzene rings is 1. The normalized spacial score (nSPS) is 21.5. The number of hydrogen-bond donors (Lipinski definition) is 1. The monoisotopic (exact) mass is 347 g/mol. The topological polar surface area (TPSA) is 59.0 Å². The Morgan fingerprint density at radius 1 is 1.36 bits per heavy atom. The summed E-state index contributed by atoms with van der Waals surface area (Å²) >= 11 is 0. The molecule has 1 aromatic carbocycles. The quantitative estimate of drug-likeness (QED) is 0.695. The van der Waals surface area contributed by atoms with E-state index in [1.165, 1.54) is 0 Å². The van der Waals surface area contributed by atoms with E-state index in [9.17, 15) is 9.90 Å². The Balaban J connectivity index is 1.97. The van der Waals surface area contributed by atoms with E-state index >= 15 is 0 Å². The van der Waals surface area contributed by atoms with Crippen LogP contribution in [0.25, 0.3) is 6.08 Å². The van der Waals surface area contributed by atoms with Crippen LogP contribution in [0, 0.1) is 5.41 Å². The van der Waals surface area contributed by atoms with Crippen molar-refractivity contribution < 1.29 is 19.4 Å². The highest BCUT2D eigenvalue weighted by Gasteiger charge is 2.41. The van der Waals surface area contributed by atoms with Crippen molar-refractivity contribution in [2.24, 2.45) is 5.41 Å². The summed E-state index contributed by atoms with van der Waals surface area (Å²) in [6.07, 6.45) is 7.25. The zero-order valence-electron chi connectivity index (χ0n) is 15.2. The highest BCUT2D eigenvalue weighted by Crippen LogP contribution is 2.35. The van der Waals surface area contributed by atoms with Crippen LogP contribution in [0.2, 0.25) is 0 Å². The standard InChI is InChI=1S/C20H29NO4/c1-24-15-7-12-20(19(22)23)11-6-14-21(16-20)13-5-9-17-8-3-4-10-18(17)25-2/h3-5,8-10H,6-7,11-16H2,1-2H3,(H,22,23)/b9-5+/t20-/m0/s1. The van der Waals surface area contributed by atoms with Crippen molar-refractivity contribution in [3.63, 3.8) is 0 Å². The first-order valence-corrected chi connectivity index (χ1v) is 8.85. The van der Waals surface area contributed by atoms with E-state index in [2.05, 4.69) is 11.0 Å². The number of ether oxygens (including phenoxy) is 2. The number of carboxylic acids is 1. The van der Waals surface area contributed by atoms with E-state index in [1.54, 1.807) is 14.2 Å². The molecular formula is C20H29NO4. The fourth-order valence-electron chi connectivity index (χ4n) is 3.56. The molecule has 1 atom stereocenters. The first-order valence-electron chi connectivity index (χ1n) is 8.85. The number of likely N-dealkylation sites (tertiary alicyclic amines) is 1. The summed E-state index contributed by atoms with van der Waals surface area (Å²) in [5, 5.41) is 9.78. The van der Waals surface area contributed by atoms with Gasteiger partial charge in [-0.1, -0.05) is 30.4 Å². The molecule has 1 aliphatic heterocycles. The molecule has 0 radical (unpaired) electrons. The molecule has 0 amide bonds. The third-order valence-corrected chi connectivity index (χ3v) is 4.91. The van der Waals surface area contributed by atoms with Crippen molar-refractivity contribution in [3.05, 3.63) is 35.9 Å². The Bertz CT molecular complexity index is 587.